The van der Waals surface area contributed by atoms with Gasteiger partial charge in [-0.1, -0.05) is 12.1 Å². The Labute approximate surface area is 131 Å². The van der Waals surface area contributed by atoms with Crippen LogP contribution in [0.1, 0.15) is 5.56 Å². The van der Waals surface area contributed by atoms with Crippen molar-refractivity contribution in [1.29, 1.82) is 0 Å². The maximum absolute atomic E-state index is 12.7. The van der Waals surface area contributed by atoms with Crippen molar-refractivity contribution in [2.75, 3.05) is 0 Å². The Hall–Kier alpha value is -2.27. The van der Waals surface area contributed by atoms with Crippen LogP contribution in [-0.4, -0.2) is 9.55 Å². The summed E-state index contributed by atoms with van der Waals surface area (Å²) in [4.78, 5) is 4.22. The van der Waals surface area contributed by atoms with Crippen LogP contribution in [0.5, 0.6) is 0 Å². The van der Waals surface area contributed by atoms with Crippen LogP contribution in [0.3, 0.4) is 0 Å². The lowest BCUT2D eigenvalue weighted by atomic mass is 10.2. The van der Waals surface area contributed by atoms with Gasteiger partial charge in [0.15, 0.2) is 0 Å². The molecule has 22 heavy (non-hydrogen) atoms. The van der Waals surface area contributed by atoms with Gasteiger partial charge in [-0.25, -0.2) is 0 Å². The lowest BCUT2D eigenvalue weighted by Crippen LogP contribution is -2.05. The van der Waals surface area contributed by atoms with E-state index in [1.807, 2.05) is 24.3 Å². The summed E-state index contributed by atoms with van der Waals surface area (Å²) in [7, 11) is 0. The lowest BCUT2D eigenvalue weighted by molar-refractivity contribution is -0.137. The summed E-state index contributed by atoms with van der Waals surface area (Å²) < 4.78 is 39.9. The van der Waals surface area contributed by atoms with E-state index in [9.17, 15) is 13.2 Å². The molecule has 0 fully saturated rings. The fraction of sp³-hybridized carbons (Fsp3) is 0.0625. The topological polar surface area (TPSA) is 17.8 Å². The molecule has 114 valence electrons. The van der Waals surface area contributed by atoms with E-state index in [2.05, 4.69) is 4.98 Å². The molecule has 3 aromatic rings. The molecule has 2 heterocycles. The fourth-order valence-corrected chi connectivity index (χ4v) is 2.08. The van der Waals surface area contributed by atoms with Crippen molar-refractivity contribution in [3.05, 3.63) is 72.7 Å². The van der Waals surface area contributed by atoms with Gasteiger partial charge < -0.3 is 4.57 Å². The summed E-state index contributed by atoms with van der Waals surface area (Å²) in [6.07, 6.45) is 0.821. The molecule has 0 aliphatic rings. The highest BCUT2D eigenvalue weighted by molar-refractivity contribution is 5.85. The standard InChI is InChI=1S/C16H11F3N2.ClH/c17-16(18,19)13-4-3-5-14(10-13)21-9-7-12(11-21)15-6-1-2-8-20-15;/h1-11H;1H. The Morgan fingerprint density at radius 1 is 0.955 bits per heavy atom. The van der Waals surface area contributed by atoms with Gasteiger partial charge in [-0.15, -0.1) is 12.4 Å². The normalized spacial score (nSPS) is 11.0. The van der Waals surface area contributed by atoms with Crippen molar-refractivity contribution in [3.8, 4) is 16.9 Å². The van der Waals surface area contributed by atoms with Gasteiger partial charge in [-0.3, -0.25) is 4.98 Å². The van der Waals surface area contributed by atoms with E-state index in [1.54, 1.807) is 29.2 Å². The Balaban J connectivity index is 0.00000176. The monoisotopic (exact) mass is 324 g/mol. The van der Waals surface area contributed by atoms with E-state index in [-0.39, 0.29) is 12.4 Å². The number of hydrogen-bond donors (Lipinski definition) is 0. The summed E-state index contributed by atoms with van der Waals surface area (Å²) in [6, 6.07) is 12.6. The van der Waals surface area contributed by atoms with Gasteiger partial charge in [-0.05, 0) is 36.4 Å². The van der Waals surface area contributed by atoms with E-state index in [4.69, 9.17) is 0 Å². The Bertz CT molecular complexity index is 751. The van der Waals surface area contributed by atoms with Gasteiger partial charge in [0.2, 0.25) is 0 Å². The molecule has 0 aliphatic heterocycles. The predicted molar refractivity (Wildman–Crippen MR) is 81.3 cm³/mol. The minimum absolute atomic E-state index is 0. The Morgan fingerprint density at radius 2 is 1.77 bits per heavy atom. The first-order valence-electron chi connectivity index (χ1n) is 6.31. The molecule has 0 amide bonds. The summed E-state index contributed by atoms with van der Waals surface area (Å²) in [6.45, 7) is 0. The molecule has 2 nitrogen and oxygen atoms in total. The molecule has 0 aliphatic carbocycles. The van der Waals surface area contributed by atoms with Crippen LogP contribution in [0.15, 0.2) is 67.1 Å². The maximum Gasteiger partial charge on any atom is 0.416 e. The molecule has 0 spiro atoms. The molecule has 0 atom stereocenters. The Morgan fingerprint density at radius 3 is 2.45 bits per heavy atom. The van der Waals surface area contributed by atoms with Crippen LogP contribution in [-0.2, 0) is 6.18 Å². The van der Waals surface area contributed by atoms with Gasteiger partial charge >= 0.3 is 6.18 Å². The van der Waals surface area contributed by atoms with Crippen LogP contribution in [0.2, 0.25) is 0 Å². The van der Waals surface area contributed by atoms with Crippen molar-refractivity contribution >= 4 is 12.4 Å². The maximum atomic E-state index is 12.7. The molecular formula is C16H12ClF3N2. The number of benzene rings is 1. The molecule has 0 bridgehead atoms. The molecule has 0 radical (unpaired) electrons. The number of hydrogen-bond acceptors (Lipinski definition) is 1. The van der Waals surface area contributed by atoms with Crippen LogP contribution in [0, 0.1) is 0 Å². The SMILES string of the molecule is Cl.FC(F)(F)c1cccc(-n2ccc(-c3ccccn3)c2)c1. The lowest BCUT2D eigenvalue weighted by Gasteiger charge is -2.09. The molecule has 2 aromatic heterocycles. The molecule has 3 rings (SSSR count). The number of alkyl halides is 3. The average Bonchev–Trinajstić information content (AvgIpc) is 2.97. The molecule has 6 heteroatoms. The van der Waals surface area contributed by atoms with Gasteiger partial charge in [0.05, 0.1) is 11.3 Å². The molecule has 1 aromatic carbocycles. The zero-order chi connectivity index (χ0) is 14.9. The van der Waals surface area contributed by atoms with Crippen molar-refractivity contribution < 1.29 is 13.2 Å². The number of pyridine rings is 1. The smallest absolute Gasteiger partial charge is 0.323 e. The second kappa shape index (κ2) is 6.23. The van der Waals surface area contributed by atoms with Crippen molar-refractivity contribution in [2.24, 2.45) is 0 Å². The van der Waals surface area contributed by atoms with Crippen LogP contribution in [0.4, 0.5) is 13.2 Å². The van der Waals surface area contributed by atoms with E-state index in [0.717, 1.165) is 23.4 Å². The highest BCUT2D eigenvalue weighted by atomic mass is 35.5. The van der Waals surface area contributed by atoms with Crippen molar-refractivity contribution in [2.45, 2.75) is 6.18 Å². The molecule has 0 unspecified atom stereocenters. The van der Waals surface area contributed by atoms with Crippen molar-refractivity contribution in [1.82, 2.24) is 9.55 Å². The second-order valence-electron chi connectivity index (χ2n) is 4.57. The summed E-state index contributed by atoms with van der Waals surface area (Å²) in [5.74, 6) is 0. The van der Waals surface area contributed by atoms with Crippen LogP contribution < -0.4 is 0 Å². The van der Waals surface area contributed by atoms with E-state index in [1.165, 1.54) is 6.07 Å². The van der Waals surface area contributed by atoms with Gasteiger partial charge in [-0.2, -0.15) is 13.2 Å². The van der Waals surface area contributed by atoms with Crippen LogP contribution in [0.25, 0.3) is 16.9 Å². The van der Waals surface area contributed by atoms with E-state index in [0.29, 0.717) is 5.69 Å². The fourth-order valence-electron chi connectivity index (χ4n) is 2.08. The number of nitrogens with zero attached hydrogens (tertiary/aromatic N) is 2. The minimum atomic E-state index is -4.34. The third kappa shape index (κ3) is 3.31. The summed E-state index contributed by atoms with van der Waals surface area (Å²) in [5, 5.41) is 0. The van der Waals surface area contributed by atoms with Crippen LogP contribution >= 0.6 is 12.4 Å². The highest BCUT2D eigenvalue weighted by Gasteiger charge is 2.30. The quantitative estimate of drug-likeness (QED) is 0.650. The zero-order valence-electron chi connectivity index (χ0n) is 11.3. The average molecular weight is 325 g/mol. The largest absolute Gasteiger partial charge is 0.416 e. The number of rotatable bonds is 2. The molecule has 0 N–H and O–H groups in total. The summed E-state index contributed by atoms with van der Waals surface area (Å²) >= 11 is 0. The van der Waals surface area contributed by atoms with Gasteiger partial charge in [0.25, 0.3) is 0 Å². The third-order valence-corrected chi connectivity index (χ3v) is 3.13. The zero-order valence-corrected chi connectivity index (χ0v) is 12.1. The second-order valence-corrected chi connectivity index (χ2v) is 4.57. The highest BCUT2D eigenvalue weighted by Crippen LogP contribution is 2.30. The number of halogens is 4. The van der Waals surface area contributed by atoms with E-state index >= 15 is 0 Å². The van der Waals surface area contributed by atoms with E-state index < -0.39 is 11.7 Å². The summed E-state index contributed by atoms with van der Waals surface area (Å²) in [5.41, 5.74) is 1.44. The molecular weight excluding hydrogens is 313 g/mol. The molecule has 0 saturated carbocycles. The van der Waals surface area contributed by atoms with Crippen molar-refractivity contribution in [3.63, 3.8) is 0 Å². The Kier molecular flexibility index (Phi) is 4.56. The first-order chi connectivity index (χ1) is 10.0. The van der Waals surface area contributed by atoms with Gasteiger partial charge in [0.1, 0.15) is 0 Å². The first-order valence-corrected chi connectivity index (χ1v) is 6.31. The third-order valence-electron chi connectivity index (χ3n) is 3.13. The van der Waals surface area contributed by atoms with Gasteiger partial charge in [0, 0.05) is 29.8 Å². The number of aromatic nitrogens is 2. The minimum Gasteiger partial charge on any atom is -0.323 e. The predicted octanol–water partition coefficient (Wildman–Crippen LogP) is 4.98. The first kappa shape index (κ1) is 16.1. The molecule has 0 saturated heterocycles.